The van der Waals surface area contributed by atoms with Gasteiger partial charge in [-0.25, -0.2) is 13.4 Å². The van der Waals surface area contributed by atoms with Gasteiger partial charge >= 0.3 is 0 Å². The third-order valence-corrected chi connectivity index (χ3v) is 5.40. The Labute approximate surface area is 149 Å². The fraction of sp³-hybridized carbons (Fsp3) is 0.176. The van der Waals surface area contributed by atoms with Crippen LogP contribution in [0.25, 0.3) is 10.9 Å². The number of nitrogens with zero attached hydrogens (tertiary/aromatic N) is 3. The van der Waals surface area contributed by atoms with Crippen molar-refractivity contribution < 1.29 is 12.8 Å². The van der Waals surface area contributed by atoms with Crippen molar-refractivity contribution in [1.82, 2.24) is 9.40 Å². The quantitative estimate of drug-likeness (QED) is 0.655. The first-order valence-corrected chi connectivity index (χ1v) is 9.82. The van der Waals surface area contributed by atoms with Crippen molar-refractivity contribution in [2.75, 3.05) is 6.26 Å². The van der Waals surface area contributed by atoms with E-state index in [1.165, 1.54) is 6.26 Å². The van der Waals surface area contributed by atoms with Crippen molar-refractivity contribution >= 4 is 38.2 Å². The highest BCUT2D eigenvalue weighted by atomic mass is 35.5. The molecule has 3 aromatic rings. The Balaban J connectivity index is 1.83. The van der Waals surface area contributed by atoms with Crippen molar-refractivity contribution in [3.8, 4) is 0 Å². The van der Waals surface area contributed by atoms with Gasteiger partial charge in [-0.05, 0) is 24.3 Å². The molecule has 0 fully saturated rings. The number of sulfonamides is 1. The van der Waals surface area contributed by atoms with Crippen LogP contribution in [0.3, 0.4) is 0 Å². The van der Waals surface area contributed by atoms with Crippen LogP contribution < -0.4 is 0 Å². The van der Waals surface area contributed by atoms with Crippen LogP contribution in [0.1, 0.15) is 23.8 Å². The molecule has 0 bridgehead atoms. The number of hydrogen-bond donors (Lipinski definition) is 0. The summed E-state index contributed by atoms with van der Waals surface area (Å²) in [6.45, 7) is 0. The van der Waals surface area contributed by atoms with Gasteiger partial charge in [0, 0.05) is 17.4 Å². The Morgan fingerprint density at radius 2 is 2.04 bits per heavy atom. The van der Waals surface area contributed by atoms with Crippen LogP contribution in [0, 0.1) is 0 Å². The molecule has 1 aliphatic rings. The summed E-state index contributed by atoms with van der Waals surface area (Å²) in [5.41, 5.74) is 1.94. The van der Waals surface area contributed by atoms with E-state index in [2.05, 4.69) is 10.1 Å². The Morgan fingerprint density at radius 3 is 2.76 bits per heavy atom. The highest BCUT2D eigenvalue weighted by Crippen LogP contribution is 2.38. The molecule has 1 unspecified atom stereocenters. The first kappa shape index (κ1) is 16.1. The fourth-order valence-corrected chi connectivity index (χ4v) is 4.13. The molecular formula is C17H14ClN3O3S. The van der Waals surface area contributed by atoms with Crippen LogP contribution in [-0.2, 0) is 10.0 Å². The lowest BCUT2D eigenvalue weighted by atomic mass is 10.0. The van der Waals surface area contributed by atoms with Gasteiger partial charge in [-0.3, -0.25) is 0 Å². The summed E-state index contributed by atoms with van der Waals surface area (Å²) in [5, 5.41) is 5.42. The van der Waals surface area contributed by atoms with E-state index in [-0.39, 0.29) is 5.15 Å². The maximum atomic E-state index is 12.2. The largest absolute Gasteiger partial charge is 0.463 e. The molecule has 0 aliphatic carbocycles. The summed E-state index contributed by atoms with van der Waals surface area (Å²) < 4.78 is 30.9. The lowest BCUT2D eigenvalue weighted by Gasteiger charge is -2.22. The SMILES string of the molecule is CS(=O)(=O)N1N=C(c2ccco2)CC1c1cc2ccccc2nc1Cl. The smallest absolute Gasteiger partial charge is 0.247 e. The maximum Gasteiger partial charge on any atom is 0.247 e. The zero-order valence-electron chi connectivity index (χ0n) is 13.3. The maximum absolute atomic E-state index is 12.2. The van der Waals surface area contributed by atoms with E-state index in [0.29, 0.717) is 23.5 Å². The van der Waals surface area contributed by atoms with Crippen LogP contribution in [0.4, 0.5) is 0 Å². The van der Waals surface area contributed by atoms with Crippen molar-refractivity contribution in [2.45, 2.75) is 12.5 Å². The summed E-state index contributed by atoms with van der Waals surface area (Å²) in [7, 11) is -3.58. The number of hydrazone groups is 1. The van der Waals surface area contributed by atoms with Crippen LogP contribution in [-0.4, -0.2) is 29.8 Å². The third kappa shape index (κ3) is 2.89. The normalized spacial score (nSPS) is 17.9. The molecule has 4 rings (SSSR count). The van der Waals surface area contributed by atoms with Gasteiger partial charge < -0.3 is 4.42 Å². The Kier molecular flexibility index (Phi) is 3.77. The summed E-state index contributed by atoms with van der Waals surface area (Å²) in [4.78, 5) is 4.39. The Hall–Kier alpha value is -2.38. The molecule has 3 heterocycles. The minimum Gasteiger partial charge on any atom is -0.463 e. The van der Waals surface area contributed by atoms with E-state index in [1.54, 1.807) is 12.1 Å². The topological polar surface area (TPSA) is 75.8 Å². The standard InChI is InChI=1S/C17H14ClN3O3S/c1-25(22,23)21-15(10-14(20-21)16-7-4-8-24-16)12-9-11-5-2-3-6-13(11)19-17(12)18/h2-9,15H,10H2,1H3. The summed E-state index contributed by atoms with van der Waals surface area (Å²) >= 11 is 6.36. The number of rotatable bonds is 3. The number of halogens is 1. The zero-order chi connectivity index (χ0) is 17.6. The molecule has 1 aromatic carbocycles. The molecule has 25 heavy (non-hydrogen) atoms. The van der Waals surface area contributed by atoms with Crippen LogP contribution in [0.15, 0.2) is 58.2 Å². The number of furan rings is 1. The Bertz CT molecular complexity index is 1080. The first-order chi connectivity index (χ1) is 11.9. The number of hydrogen-bond acceptors (Lipinski definition) is 5. The number of benzene rings is 1. The molecule has 1 aliphatic heterocycles. The van der Waals surface area contributed by atoms with Crippen molar-refractivity contribution in [3.05, 3.63) is 65.2 Å². The summed E-state index contributed by atoms with van der Waals surface area (Å²) in [6, 6.07) is 12.3. The molecule has 0 amide bonds. The highest BCUT2D eigenvalue weighted by Gasteiger charge is 2.36. The number of fused-ring (bicyclic) bond motifs is 1. The molecule has 0 spiro atoms. The number of pyridine rings is 1. The third-order valence-electron chi connectivity index (χ3n) is 4.08. The van der Waals surface area contributed by atoms with Gasteiger partial charge in [0.25, 0.3) is 0 Å². The average molecular weight is 376 g/mol. The van der Waals surface area contributed by atoms with Gasteiger partial charge in [0.05, 0.1) is 24.1 Å². The molecule has 0 saturated carbocycles. The molecule has 8 heteroatoms. The minimum atomic E-state index is -3.58. The predicted molar refractivity (Wildman–Crippen MR) is 96.0 cm³/mol. The fourth-order valence-electron chi connectivity index (χ4n) is 2.96. The second-order valence-corrected chi connectivity index (χ2v) is 8.04. The van der Waals surface area contributed by atoms with E-state index in [0.717, 1.165) is 21.6 Å². The van der Waals surface area contributed by atoms with E-state index >= 15 is 0 Å². The van der Waals surface area contributed by atoms with Gasteiger partial charge in [0.2, 0.25) is 10.0 Å². The van der Waals surface area contributed by atoms with Crippen LogP contribution >= 0.6 is 11.6 Å². The molecule has 6 nitrogen and oxygen atoms in total. The van der Waals surface area contributed by atoms with E-state index < -0.39 is 16.1 Å². The van der Waals surface area contributed by atoms with Crippen molar-refractivity contribution in [1.29, 1.82) is 0 Å². The lowest BCUT2D eigenvalue weighted by molar-refractivity contribution is 0.374. The predicted octanol–water partition coefficient (Wildman–Crippen LogP) is 3.59. The molecule has 0 saturated heterocycles. The van der Waals surface area contributed by atoms with Gasteiger partial charge in [0.1, 0.15) is 16.6 Å². The summed E-state index contributed by atoms with van der Waals surface area (Å²) in [5.74, 6) is 0.543. The highest BCUT2D eigenvalue weighted by molar-refractivity contribution is 7.88. The number of para-hydroxylation sites is 1. The van der Waals surface area contributed by atoms with Gasteiger partial charge in [-0.2, -0.15) is 9.52 Å². The van der Waals surface area contributed by atoms with Gasteiger partial charge in [-0.15, -0.1) is 0 Å². The molecule has 128 valence electrons. The zero-order valence-corrected chi connectivity index (χ0v) is 14.8. The minimum absolute atomic E-state index is 0.272. The van der Waals surface area contributed by atoms with E-state index in [9.17, 15) is 8.42 Å². The average Bonchev–Trinajstić information content (AvgIpc) is 3.23. The molecule has 1 atom stereocenters. The first-order valence-electron chi connectivity index (χ1n) is 7.59. The monoisotopic (exact) mass is 375 g/mol. The van der Waals surface area contributed by atoms with Gasteiger partial charge in [-0.1, -0.05) is 29.8 Å². The van der Waals surface area contributed by atoms with E-state index in [1.807, 2.05) is 30.3 Å². The van der Waals surface area contributed by atoms with Crippen LogP contribution in [0.2, 0.25) is 5.15 Å². The van der Waals surface area contributed by atoms with Crippen molar-refractivity contribution in [3.63, 3.8) is 0 Å². The van der Waals surface area contributed by atoms with E-state index in [4.69, 9.17) is 16.0 Å². The summed E-state index contributed by atoms with van der Waals surface area (Å²) in [6.07, 6.45) is 3.01. The molecule has 0 N–H and O–H groups in total. The lowest BCUT2D eigenvalue weighted by Crippen LogP contribution is -2.26. The van der Waals surface area contributed by atoms with Crippen LogP contribution in [0.5, 0.6) is 0 Å². The second kappa shape index (κ2) is 5.86. The molecule has 2 aromatic heterocycles. The van der Waals surface area contributed by atoms with Gasteiger partial charge in [0.15, 0.2) is 0 Å². The van der Waals surface area contributed by atoms with Crippen molar-refractivity contribution in [2.24, 2.45) is 5.10 Å². The second-order valence-electron chi connectivity index (χ2n) is 5.84. The number of aromatic nitrogens is 1. The Morgan fingerprint density at radius 1 is 1.24 bits per heavy atom. The molecule has 0 radical (unpaired) electrons. The molecular weight excluding hydrogens is 362 g/mol.